The van der Waals surface area contributed by atoms with Crippen LogP contribution in [-0.2, 0) is 4.79 Å². The molecule has 1 saturated heterocycles. The first-order valence-corrected chi connectivity index (χ1v) is 8.07. The van der Waals surface area contributed by atoms with Gasteiger partial charge in [0.25, 0.3) is 0 Å². The summed E-state index contributed by atoms with van der Waals surface area (Å²) >= 11 is 1.61. The number of amidine groups is 1. The quantitative estimate of drug-likeness (QED) is 0.791. The number of thioether (sulfide) groups is 1. The maximum Gasteiger partial charge on any atom is 0.239 e. The van der Waals surface area contributed by atoms with Crippen molar-refractivity contribution in [1.29, 1.82) is 0 Å². The fraction of sp³-hybridized carbons (Fsp3) is 0.857. The van der Waals surface area contributed by atoms with Gasteiger partial charge in [-0.05, 0) is 63.2 Å². The molecule has 4 heteroatoms. The van der Waals surface area contributed by atoms with Crippen molar-refractivity contribution in [2.75, 3.05) is 0 Å². The fourth-order valence-corrected chi connectivity index (χ4v) is 5.84. The fourth-order valence-electron chi connectivity index (χ4n) is 4.93. The highest BCUT2D eigenvalue weighted by Crippen LogP contribution is 2.57. The summed E-state index contributed by atoms with van der Waals surface area (Å²) in [6.07, 6.45) is 8.15. The molecular formula is C14H20N2OS. The van der Waals surface area contributed by atoms with E-state index in [1.807, 2.05) is 6.92 Å². The Kier molecular flexibility index (Phi) is 2.36. The molecule has 1 N–H and O–H groups in total. The van der Waals surface area contributed by atoms with E-state index in [1.54, 1.807) is 11.8 Å². The number of nitrogens with zero attached hydrogens (tertiary/aromatic N) is 1. The monoisotopic (exact) mass is 264 g/mol. The Labute approximate surface area is 112 Å². The summed E-state index contributed by atoms with van der Waals surface area (Å²) < 4.78 is 0. The van der Waals surface area contributed by atoms with E-state index < -0.39 is 0 Å². The molecule has 4 aliphatic carbocycles. The van der Waals surface area contributed by atoms with Gasteiger partial charge in [0.15, 0.2) is 5.17 Å². The summed E-state index contributed by atoms with van der Waals surface area (Å²) in [6, 6.07) is 0. The van der Waals surface area contributed by atoms with Crippen molar-refractivity contribution in [1.82, 2.24) is 5.32 Å². The Morgan fingerprint density at radius 2 is 1.72 bits per heavy atom. The number of aliphatic imine (C=N–C) groups is 1. The minimum Gasteiger partial charge on any atom is -0.304 e. The van der Waals surface area contributed by atoms with Crippen LogP contribution in [0.2, 0.25) is 0 Å². The number of hydrogen-bond donors (Lipinski definition) is 1. The van der Waals surface area contributed by atoms with E-state index in [4.69, 9.17) is 4.99 Å². The molecule has 5 aliphatic rings. The topological polar surface area (TPSA) is 41.5 Å². The summed E-state index contributed by atoms with van der Waals surface area (Å²) in [5.74, 6) is 2.88. The summed E-state index contributed by atoms with van der Waals surface area (Å²) in [4.78, 5) is 16.6. The Bertz CT molecular complexity index is 396. The smallest absolute Gasteiger partial charge is 0.239 e. The summed E-state index contributed by atoms with van der Waals surface area (Å²) in [7, 11) is 0. The van der Waals surface area contributed by atoms with Crippen molar-refractivity contribution in [3.8, 4) is 0 Å². The zero-order valence-corrected chi connectivity index (χ0v) is 11.6. The number of amides is 1. The minimum atomic E-state index is 0.0395. The van der Waals surface area contributed by atoms with Gasteiger partial charge in [-0.25, -0.2) is 0 Å². The molecule has 3 nitrogen and oxygen atoms in total. The van der Waals surface area contributed by atoms with E-state index in [1.165, 1.54) is 38.5 Å². The summed E-state index contributed by atoms with van der Waals surface area (Å²) in [5, 5.41) is 3.89. The van der Waals surface area contributed by atoms with Gasteiger partial charge >= 0.3 is 0 Å². The van der Waals surface area contributed by atoms with E-state index in [-0.39, 0.29) is 16.7 Å². The van der Waals surface area contributed by atoms with Crippen LogP contribution in [0.4, 0.5) is 0 Å². The van der Waals surface area contributed by atoms with Gasteiger partial charge in [0.05, 0.1) is 10.8 Å². The second-order valence-corrected chi connectivity index (χ2v) is 8.14. The molecule has 0 aromatic rings. The lowest BCUT2D eigenvalue weighted by molar-refractivity contribution is -0.118. The third kappa shape index (κ3) is 1.72. The van der Waals surface area contributed by atoms with Crippen molar-refractivity contribution >= 4 is 22.8 Å². The molecule has 0 aromatic carbocycles. The van der Waals surface area contributed by atoms with Gasteiger partial charge in [-0.15, -0.1) is 0 Å². The first-order valence-electron chi connectivity index (χ1n) is 7.19. The van der Waals surface area contributed by atoms with Crippen LogP contribution in [0.5, 0.6) is 0 Å². The van der Waals surface area contributed by atoms with E-state index in [0.29, 0.717) is 0 Å². The van der Waals surface area contributed by atoms with Gasteiger partial charge < -0.3 is 5.32 Å². The normalized spacial score (nSPS) is 52.1. The van der Waals surface area contributed by atoms with Crippen molar-refractivity contribution in [2.24, 2.45) is 22.7 Å². The minimum absolute atomic E-state index is 0.0395. The second kappa shape index (κ2) is 3.75. The summed E-state index contributed by atoms with van der Waals surface area (Å²) in [6.45, 7) is 1.96. The molecule has 18 heavy (non-hydrogen) atoms. The van der Waals surface area contributed by atoms with Crippen LogP contribution in [-0.4, -0.2) is 21.9 Å². The largest absolute Gasteiger partial charge is 0.304 e. The Morgan fingerprint density at radius 3 is 2.17 bits per heavy atom. The molecule has 5 rings (SSSR count). The number of carbonyl (C=O) groups is 1. The molecule has 5 fully saturated rings. The van der Waals surface area contributed by atoms with Crippen LogP contribution >= 0.6 is 11.8 Å². The van der Waals surface area contributed by atoms with Crippen LogP contribution < -0.4 is 5.32 Å². The standard InChI is InChI=1S/C14H20N2OS/c1-8-12(17)15-13(18-8)16-14-5-9-2-10(6-14)4-11(3-9)7-14/h8-11H,2-7H2,1H3,(H,15,16,17). The second-order valence-electron chi connectivity index (χ2n) is 6.81. The van der Waals surface area contributed by atoms with Gasteiger partial charge in [0.2, 0.25) is 5.91 Å². The van der Waals surface area contributed by atoms with Crippen LogP contribution in [0.15, 0.2) is 4.99 Å². The maximum atomic E-state index is 11.6. The lowest BCUT2D eigenvalue weighted by atomic mass is 9.53. The van der Waals surface area contributed by atoms with Crippen LogP contribution in [0.3, 0.4) is 0 Å². The number of carbonyl (C=O) groups excluding carboxylic acids is 1. The van der Waals surface area contributed by atoms with Crippen molar-refractivity contribution in [3.05, 3.63) is 0 Å². The van der Waals surface area contributed by atoms with E-state index >= 15 is 0 Å². The predicted octanol–water partition coefficient (Wildman–Crippen LogP) is 2.56. The van der Waals surface area contributed by atoms with Crippen molar-refractivity contribution < 1.29 is 4.79 Å². The van der Waals surface area contributed by atoms with Gasteiger partial charge in [-0.1, -0.05) is 11.8 Å². The van der Waals surface area contributed by atoms with Crippen molar-refractivity contribution in [2.45, 2.75) is 56.2 Å². The molecule has 1 amide bonds. The van der Waals surface area contributed by atoms with E-state index in [0.717, 1.165) is 22.9 Å². The van der Waals surface area contributed by atoms with Crippen LogP contribution in [0.25, 0.3) is 0 Å². The first kappa shape index (κ1) is 11.3. The number of rotatable bonds is 1. The van der Waals surface area contributed by atoms with Crippen LogP contribution in [0.1, 0.15) is 45.4 Å². The lowest BCUT2D eigenvalue weighted by Crippen LogP contribution is -2.50. The Hall–Kier alpha value is -0.510. The molecule has 1 heterocycles. The molecule has 4 bridgehead atoms. The average Bonchev–Trinajstić information content (AvgIpc) is 2.54. The molecule has 0 spiro atoms. The van der Waals surface area contributed by atoms with E-state index in [9.17, 15) is 4.79 Å². The van der Waals surface area contributed by atoms with Gasteiger partial charge in [0, 0.05) is 0 Å². The first-order chi connectivity index (χ1) is 8.62. The summed E-state index contributed by atoms with van der Waals surface area (Å²) in [5.41, 5.74) is 0.189. The highest BCUT2D eigenvalue weighted by Gasteiger charge is 2.51. The highest BCUT2D eigenvalue weighted by atomic mass is 32.2. The van der Waals surface area contributed by atoms with Gasteiger partial charge in [-0.2, -0.15) is 0 Å². The molecule has 1 unspecified atom stereocenters. The zero-order valence-electron chi connectivity index (χ0n) is 10.8. The number of nitrogens with one attached hydrogen (secondary N) is 1. The Morgan fingerprint density at radius 1 is 1.17 bits per heavy atom. The third-order valence-electron chi connectivity index (χ3n) is 5.23. The van der Waals surface area contributed by atoms with Crippen LogP contribution in [0, 0.1) is 17.8 Å². The van der Waals surface area contributed by atoms with Crippen molar-refractivity contribution in [3.63, 3.8) is 0 Å². The zero-order chi connectivity index (χ0) is 12.3. The van der Waals surface area contributed by atoms with Gasteiger partial charge in [-0.3, -0.25) is 9.79 Å². The van der Waals surface area contributed by atoms with E-state index in [2.05, 4.69) is 5.32 Å². The molecule has 0 radical (unpaired) electrons. The predicted molar refractivity (Wildman–Crippen MR) is 73.5 cm³/mol. The van der Waals surface area contributed by atoms with Gasteiger partial charge in [0.1, 0.15) is 0 Å². The molecular weight excluding hydrogens is 244 g/mol. The molecule has 0 aromatic heterocycles. The lowest BCUT2D eigenvalue weighted by Gasteiger charge is -2.55. The Balaban J connectivity index is 1.61. The maximum absolute atomic E-state index is 11.6. The molecule has 4 saturated carbocycles. The SMILES string of the molecule is CC1SC(=NC23CC4CC(CC(C4)C2)C3)NC1=O. The number of hydrogen-bond acceptors (Lipinski definition) is 3. The highest BCUT2D eigenvalue weighted by molar-refractivity contribution is 8.15. The molecule has 1 aliphatic heterocycles. The third-order valence-corrected chi connectivity index (χ3v) is 6.22. The molecule has 1 atom stereocenters. The molecule has 98 valence electrons. The average molecular weight is 264 g/mol.